The monoisotopic (exact) mass is 339 g/mol. The average molecular weight is 339 g/mol. The van der Waals surface area contributed by atoms with Crippen LogP contribution in [-0.2, 0) is 0 Å². The van der Waals surface area contributed by atoms with Gasteiger partial charge in [0.05, 0.1) is 18.4 Å². The van der Waals surface area contributed by atoms with Crippen LogP contribution in [0, 0.1) is 13.8 Å². The molecule has 1 fully saturated rings. The number of hydrogen-bond acceptors (Lipinski definition) is 4. The minimum Gasteiger partial charge on any atom is -0.495 e. The van der Waals surface area contributed by atoms with Crippen LogP contribution in [0.25, 0.3) is 0 Å². The van der Waals surface area contributed by atoms with E-state index in [-0.39, 0.29) is 11.9 Å². The molecule has 0 spiro atoms. The second-order valence-electron chi connectivity index (χ2n) is 6.61. The highest BCUT2D eigenvalue weighted by atomic mass is 16.5. The molecule has 25 heavy (non-hydrogen) atoms. The van der Waals surface area contributed by atoms with Crippen LogP contribution in [0.4, 0.5) is 5.69 Å². The molecule has 132 valence electrons. The molecule has 2 heterocycles. The molecule has 1 aromatic heterocycles. The number of hydrogen-bond donors (Lipinski definition) is 0. The number of carbonyl (C=O) groups is 1. The first-order chi connectivity index (χ1) is 12.0. The van der Waals surface area contributed by atoms with Gasteiger partial charge in [-0.05, 0) is 44.5 Å². The van der Waals surface area contributed by atoms with E-state index in [0.29, 0.717) is 12.1 Å². The summed E-state index contributed by atoms with van der Waals surface area (Å²) in [6.07, 6.45) is 1.70. The normalized spacial score (nSPS) is 17.5. The predicted octanol–water partition coefficient (Wildman–Crippen LogP) is 3.06. The van der Waals surface area contributed by atoms with Crippen molar-refractivity contribution in [3.8, 4) is 5.75 Å². The van der Waals surface area contributed by atoms with Gasteiger partial charge in [-0.1, -0.05) is 12.1 Å². The zero-order valence-electron chi connectivity index (χ0n) is 15.3. The molecular weight excluding hydrogens is 314 g/mol. The summed E-state index contributed by atoms with van der Waals surface area (Å²) >= 11 is 0. The Morgan fingerprint density at radius 3 is 2.68 bits per heavy atom. The van der Waals surface area contributed by atoms with Gasteiger partial charge in [-0.25, -0.2) is 0 Å². The first kappa shape index (κ1) is 17.3. The molecule has 0 aliphatic carbocycles. The number of benzene rings is 1. The van der Waals surface area contributed by atoms with E-state index in [1.807, 2.05) is 43.0 Å². The highest BCUT2D eigenvalue weighted by molar-refractivity contribution is 5.95. The fourth-order valence-corrected chi connectivity index (χ4v) is 3.44. The summed E-state index contributed by atoms with van der Waals surface area (Å²) in [6.45, 7) is 8.26. The maximum atomic E-state index is 13.0. The third kappa shape index (κ3) is 3.45. The molecule has 1 amide bonds. The third-order valence-electron chi connectivity index (χ3n) is 4.79. The van der Waals surface area contributed by atoms with Crippen LogP contribution in [0.3, 0.4) is 0 Å². The maximum Gasteiger partial charge on any atom is 0.256 e. The summed E-state index contributed by atoms with van der Waals surface area (Å²) in [5, 5.41) is 0. The van der Waals surface area contributed by atoms with Gasteiger partial charge in [-0.3, -0.25) is 9.78 Å². The maximum absolute atomic E-state index is 13.0. The summed E-state index contributed by atoms with van der Waals surface area (Å²) in [5.74, 6) is 0.935. The zero-order valence-corrected chi connectivity index (χ0v) is 15.3. The van der Waals surface area contributed by atoms with Gasteiger partial charge >= 0.3 is 0 Å². The highest BCUT2D eigenvalue weighted by Crippen LogP contribution is 2.29. The van der Waals surface area contributed by atoms with Crippen molar-refractivity contribution in [3.63, 3.8) is 0 Å². The fraction of sp³-hybridized carbons (Fsp3) is 0.400. The van der Waals surface area contributed by atoms with E-state index < -0.39 is 0 Å². The van der Waals surface area contributed by atoms with E-state index in [9.17, 15) is 4.79 Å². The Balaban J connectivity index is 1.76. The molecule has 0 bridgehead atoms. The molecule has 0 N–H and O–H groups in total. The number of aryl methyl sites for hydroxylation is 2. The van der Waals surface area contributed by atoms with Crippen LogP contribution in [0.1, 0.15) is 28.5 Å². The molecule has 1 aromatic carbocycles. The number of nitrogens with zero attached hydrogens (tertiary/aromatic N) is 3. The second kappa shape index (κ2) is 7.13. The number of rotatable bonds is 3. The lowest BCUT2D eigenvalue weighted by atomic mass is 10.1. The van der Waals surface area contributed by atoms with Crippen molar-refractivity contribution in [3.05, 3.63) is 53.3 Å². The summed E-state index contributed by atoms with van der Waals surface area (Å²) in [6, 6.07) is 10.1. The van der Waals surface area contributed by atoms with Crippen molar-refractivity contribution in [2.75, 3.05) is 31.6 Å². The van der Waals surface area contributed by atoms with Crippen molar-refractivity contribution in [1.82, 2.24) is 9.88 Å². The van der Waals surface area contributed by atoms with Crippen molar-refractivity contribution in [2.24, 2.45) is 0 Å². The number of pyridine rings is 1. The summed E-state index contributed by atoms with van der Waals surface area (Å²) < 4.78 is 5.47. The smallest absolute Gasteiger partial charge is 0.256 e. The molecule has 2 aromatic rings. The zero-order chi connectivity index (χ0) is 18.0. The standard InChI is InChI=1S/C20H25N3O2/c1-14-11-15(2)21-12-17(14)20(24)23-10-9-22(13-16(23)3)18-7-5-6-8-19(18)25-4/h5-8,11-12,16H,9-10,13H2,1-4H3/t16-/m1/s1. The Morgan fingerprint density at radius 1 is 1.24 bits per heavy atom. The fourth-order valence-electron chi connectivity index (χ4n) is 3.44. The lowest BCUT2D eigenvalue weighted by Crippen LogP contribution is -2.54. The van der Waals surface area contributed by atoms with Crippen LogP contribution < -0.4 is 9.64 Å². The molecule has 0 saturated carbocycles. The summed E-state index contributed by atoms with van der Waals surface area (Å²) in [5.41, 5.74) is 3.69. The number of piperazine rings is 1. The van der Waals surface area contributed by atoms with Crippen molar-refractivity contribution in [1.29, 1.82) is 0 Å². The van der Waals surface area contributed by atoms with Gasteiger partial charge in [0.1, 0.15) is 5.75 Å². The van der Waals surface area contributed by atoms with Crippen molar-refractivity contribution >= 4 is 11.6 Å². The van der Waals surface area contributed by atoms with Crippen molar-refractivity contribution in [2.45, 2.75) is 26.8 Å². The van der Waals surface area contributed by atoms with Gasteiger partial charge in [0.15, 0.2) is 0 Å². The van der Waals surface area contributed by atoms with Gasteiger partial charge in [0.2, 0.25) is 0 Å². The van der Waals surface area contributed by atoms with Crippen LogP contribution in [0.5, 0.6) is 5.75 Å². The number of methoxy groups -OCH3 is 1. The number of para-hydroxylation sites is 2. The van der Waals surface area contributed by atoms with E-state index in [2.05, 4.69) is 22.9 Å². The number of ether oxygens (including phenoxy) is 1. The highest BCUT2D eigenvalue weighted by Gasteiger charge is 2.30. The summed E-state index contributed by atoms with van der Waals surface area (Å²) in [7, 11) is 1.69. The predicted molar refractivity (Wildman–Crippen MR) is 99.4 cm³/mol. The minimum atomic E-state index is 0.0668. The van der Waals surface area contributed by atoms with Crippen LogP contribution in [0.2, 0.25) is 0 Å². The molecule has 1 aliphatic rings. The van der Waals surface area contributed by atoms with Gasteiger partial charge in [-0.2, -0.15) is 0 Å². The van der Waals surface area contributed by atoms with Crippen LogP contribution in [-0.4, -0.2) is 48.6 Å². The Labute approximate surface area is 149 Å². The first-order valence-electron chi connectivity index (χ1n) is 8.63. The molecular formula is C20H25N3O2. The third-order valence-corrected chi connectivity index (χ3v) is 4.79. The average Bonchev–Trinajstić information content (AvgIpc) is 2.61. The summed E-state index contributed by atoms with van der Waals surface area (Å²) in [4.78, 5) is 21.5. The SMILES string of the molecule is COc1ccccc1N1CCN(C(=O)c2cnc(C)cc2C)[C@H](C)C1. The van der Waals surface area contributed by atoms with E-state index in [4.69, 9.17) is 4.74 Å². The number of carbonyl (C=O) groups excluding carboxylic acids is 1. The Bertz CT molecular complexity index is 775. The van der Waals surface area contributed by atoms with E-state index in [1.54, 1.807) is 13.3 Å². The molecule has 0 unspecified atom stereocenters. The van der Waals surface area contributed by atoms with Crippen LogP contribution >= 0.6 is 0 Å². The van der Waals surface area contributed by atoms with Crippen LogP contribution in [0.15, 0.2) is 36.5 Å². The van der Waals surface area contributed by atoms with E-state index in [1.165, 1.54) is 0 Å². The molecule has 1 atom stereocenters. The quantitative estimate of drug-likeness (QED) is 0.862. The largest absolute Gasteiger partial charge is 0.495 e. The molecule has 1 saturated heterocycles. The van der Waals surface area contributed by atoms with E-state index in [0.717, 1.165) is 35.8 Å². The molecule has 5 nitrogen and oxygen atoms in total. The lowest BCUT2D eigenvalue weighted by Gasteiger charge is -2.41. The Morgan fingerprint density at radius 2 is 2.00 bits per heavy atom. The molecule has 3 rings (SSSR count). The minimum absolute atomic E-state index is 0.0668. The van der Waals surface area contributed by atoms with Gasteiger partial charge in [0, 0.05) is 37.6 Å². The second-order valence-corrected chi connectivity index (χ2v) is 6.61. The lowest BCUT2D eigenvalue weighted by molar-refractivity contribution is 0.0673. The van der Waals surface area contributed by atoms with E-state index >= 15 is 0 Å². The molecule has 5 heteroatoms. The van der Waals surface area contributed by atoms with Gasteiger partial charge in [-0.15, -0.1) is 0 Å². The van der Waals surface area contributed by atoms with Gasteiger partial charge in [0.25, 0.3) is 5.91 Å². The Kier molecular flexibility index (Phi) is 4.93. The first-order valence-corrected chi connectivity index (χ1v) is 8.63. The number of amides is 1. The Hall–Kier alpha value is -2.56. The number of aromatic nitrogens is 1. The molecule has 1 aliphatic heterocycles. The topological polar surface area (TPSA) is 45.7 Å². The van der Waals surface area contributed by atoms with Crippen molar-refractivity contribution < 1.29 is 9.53 Å². The number of anilines is 1. The molecule has 0 radical (unpaired) electrons. The van der Waals surface area contributed by atoms with Gasteiger partial charge < -0.3 is 14.5 Å².